The van der Waals surface area contributed by atoms with Crippen LogP contribution in [-0.2, 0) is 9.53 Å². The van der Waals surface area contributed by atoms with E-state index in [0.29, 0.717) is 12.3 Å². The molecule has 1 amide bonds. The molecule has 1 atom stereocenters. The topological polar surface area (TPSA) is 58.6 Å². The lowest BCUT2D eigenvalue weighted by Crippen LogP contribution is -2.40. The molecule has 0 spiro atoms. The minimum Gasteiger partial charge on any atom is -0.396 e. The van der Waals surface area contributed by atoms with Gasteiger partial charge in [0, 0.05) is 19.8 Å². The number of hydrogen-bond acceptors (Lipinski definition) is 3. The highest BCUT2D eigenvalue weighted by atomic mass is 16.5. The molecule has 0 aliphatic carbocycles. The van der Waals surface area contributed by atoms with Gasteiger partial charge in [0.2, 0.25) is 5.91 Å². The average molecular weight is 189 g/mol. The molecule has 13 heavy (non-hydrogen) atoms. The van der Waals surface area contributed by atoms with Crippen LogP contribution < -0.4 is 5.32 Å². The number of rotatable bonds is 6. The molecule has 4 nitrogen and oxygen atoms in total. The van der Waals surface area contributed by atoms with Crippen molar-refractivity contribution in [2.75, 3.05) is 20.3 Å². The summed E-state index contributed by atoms with van der Waals surface area (Å²) in [5.41, 5.74) is 0. The summed E-state index contributed by atoms with van der Waals surface area (Å²) < 4.78 is 4.69. The predicted molar refractivity (Wildman–Crippen MR) is 50.3 cm³/mol. The molecular weight excluding hydrogens is 170 g/mol. The Balaban J connectivity index is 3.86. The van der Waals surface area contributed by atoms with Crippen LogP contribution in [0.25, 0.3) is 0 Å². The van der Waals surface area contributed by atoms with Gasteiger partial charge in [-0.1, -0.05) is 13.8 Å². The third-order valence-electron chi connectivity index (χ3n) is 1.87. The summed E-state index contributed by atoms with van der Waals surface area (Å²) >= 11 is 0. The van der Waals surface area contributed by atoms with Crippen LogP contribution in [0.2, 0.25) is 0 Å². The van der Waals surface area contributed by atoms with Crippen molar-refractivity contribution in [1.29, 1.82) is 0 Å². The Morgan fingerprint density at radius 3 is 2.54 bits per heavy atom. The molecule has 0 heterocycles. The molecule has 4 heteroatoms. The van der Waals surface area contributed by atoms with Gasteiger partial charge in [-0.15, -0.1) is 0 Å². The maximum absolute atomic E-state index is 11.1. The molecular formula is C9H19NO3. The third kappa shape index (κ3) is 5.60. The van der Waals surface area contributed by atoms with Crippen LogP contribution >= 0.6 is 0 Å². The van der Waals surface area contributed by atoms with Gasteiger partial charge in [0.15, 0.2) is 0 Å². The predicted octanol–water partition coefficient (Wildman–Crippen LogP) is 0.156. The molecule has 0 fully saturated rings. The van der Waals surface area contributed by atoms with E-state index < -0.39 is 0 Å². The zero-order valence-electron chi connectivity index (χ0n) is 8.54. The Labute approximate surface area is 79.3 Å². The SMILES string of the molecule is COCC(=O)NC(CCO)C(C)C. The Hall–Kier alpha value is -0.610. The summed E-state index contributed by atoms with van der Waals surface area (Å²) in [6.45, 7) is 4.19. The summed E-state index contributed by atoms with van der Waals surface area (Å²) in [5, 5.41) is 11.5. The lowest BCUT2D eigenvalue weighted by molar-refractivity contribution is -0.125. The van der Waals surface area contributed by atoms with E-state index in [4.69, 9.17) is 5.11 Å². The molecule has 1 unspecified atom stereocenters. The molecule has 0 aromatic heterocycles. The second-order valence-corrected chi connectivity index (χ2v) is 3.36. The van der Waals surface area contributed by atoms with Gasteiger partial charge in [0.1, 0.15) is 6.61 Å². The second-order valence-electron chi connectivity index (χ2n) is 3.36. The normalized spacial score (nSPS) is 13.0. The number of amides is 1. The minimum atomic E-state index is -0.130. The quantitative estimate of drug-likeness (QED) is 0.625. The van der Waals surface area contributed by atoms with E-state index in [1.54, 1.807) is 0 Å². The van der Waals surface area contributed by atoms with E-state index >= 15 is 0 Å². The van der Waals surface area contributed by atoms with Gasteiger partial charge in [-0.05, 0) is 12.3 Å². The zero-order chi connectivity index (χ0) is 10.3. The number of methoxy groups -OCH3 is 1. The molecule has 0 rings (SSSR count). The van der Waals surface area contributed by atoms with E-state index in [9.17, 15) is 4.79 Å². The molecule has 0 radical (unpaired) electrons. The largest absolute Gasteiger partial charge is 0.396 e. The number of ether oxygens (including phenoxy) is 1. The molecule has 0 saturated carbocycles. The highest BCUT2D eigenvalue weighted by Gasteiger charge is 2.14. The summed E-state index contributed by atoms with van der Waals surface area (Å²) in [5.74, 6) is 0.197. The fourth-order valence-corrected chi connectivity index (χ4v) is 1.09. The first-order valence-corrected chi connectivity index (χ1v) is 4.51. The van der Waals surface area contributed by atoms with Crippen molar-refractivity contribution in [2.24, 2.45) is 5.92 Å². The summed E-state index contributed by atoms with van der Waals surface area (Å²) in [6, 6.07) is 0.0349. The van der Waals surface area contributed by atoms with E-state index in [0.717, 1.165) is 0 Å². The van der Waals surface area contributed by atoms with Crippen LogP contribution in [0.1, 0.15) is 20.3 Å². The van der Waals surface area contributed by atoms with Crippen LogP contribution in [0.3, 0.4) is 0 Å². The van der Waals surface area contributed by atoms with E-state index in [1.807, 2.05) is 13.8 Å². The van der Waals surface area contributed by atoms with Crippen LogP contribution in [0.4, 0.5) is 0 Å². The van der Waals surface area contributed by atoms with Crippen LogP contribution in [-0.4, -0.2) is 37.4 Å². The first-order valence-electron chi connectivity index (χ1n) is 4.51. The maximum Gasteiger partial charge on any atom is 0.246 e. The van der Waals surface area contributed by atoms with Crippen molar-refractivity contribution in [1.82, 2.24) is 5.32 Å². The lowest BCUT2D eigenvalue weighted by atomic mass is 10.0. The van der Waals surface area contributed by atoms with Crippen LogP contribution in [0.5, 0.6) is 0 Å². The highest BCUT2D eigenvalue weighted by Crippen LogP contribution is 2.04. The fraction of sp³-hybridized carbons (Fsp3) is 0.889. The molecule has 0 aliphatic heterocycles. The number of aliphatic hydroxyl groups is 1. The summed E-state index contributed by atoms with van der Waals surface area (Å²) in [6.07, 6.45) is 0.590. The molecule has 2 N–H and O–H groups in total. The maximum atomic E-state index is 11.1. The monoisotopic (exact) mass is 189 g/mol. The van der Waals surface area contributed by atoms with E-state index in [2.05, 4.69) is 10.1 Å². The Kier molecular flexibility index (Phi) is 6.54. The van der Waals surface area contributed by atoms with Crippen molar-refractivity contribution in [3.63, 3.8) is 0 Å². The van der Waals surface area contributed by atoms with Crippen molar-refractivity contribution < 1.29 is 14.6 Å². The van der Waals surface area contributed by atoms with Gasteiger partial charge < -0.3 is 15.2 Å². The second kappa shape index (κ2) is 6.86. The molecule has 0 aromatic carbocycles. The number of aliphatic hydroxyl groups excluding tert-OH is 1. The lowest BCUT2D eigenvalue weighted by Gasteiger charge is -2.21. The molecule has 0 saturated heterocycles. The molecule has 0 bridgehead atoms. The fourth-order valence-electron chi connectivity index (χ4n) is 1.09. The van der Waals surface area contributed by atoms with Gasteiger partial charge in [-0.2, -0.15) is 0 Å². The van der Waals surface area contributed by atoms with Crippen molar-refractivity contribution in [3.8, 4) is 0 Å². The van der Waals surface area contributed by atoms with Gasteiger partial charge in [0.05, 0.1) is 0 Å². The van der Waals surface area contributed by atoms with Gasteiger partial charge in [0.25, 0.3) is 0 Å². The smallest absolute Gasteiger partial charge is 0.246 e. The van der Waals surface area contributed by atoms with Crippen LogP contribution in [0.15, 0.2) is 0 Å². The van der Waals surface area contributed by atoms with E-state index in [-0.39, 0.29) is 25.2 Å². The van der Waals surface area contributed by atoms with E-state index in [1.165, 1.54) is 7.11 Å². The highest BCUT2D eigenvalue weighted by molar-refractivity contribution is 5.77. The third-order valence-corrected chi connectivity index (χ3v) is 1.87. The van der Waals surface area contributed by atoms with Crippen molar-refractivity contribution in [3.05, 3.63) is 0 Å². The van der Waals surface area contributed by atoms with Gasteiger partial charge in [-0.25, -0.2) is 0 Å². The summed E-state index contributed by atoms with van der Waals surface area (Å²) in [4.78, 5) is 11.1. The van der Waals surface area contributed by atoms with Gasteiger partial charge >= 0.3 is 0 Å². The number of carbonyl (C=O) groups excluding carboxylic acids is 1. The number of nitrogens with one attached hydrogen (secondary N) is 1. The Bertz CT molecular complexity index is 148. The first-order chi connectivity index (χ1) is 6.11. The molecule has 0 aromatic rings. The minimum absolute atomic E-state index is 0.0349. The van der Waals surface area contributed by atoms with Crippen molar-refractivity contribution in [2.45, 2.75) is 26.3 Å². The van der Waals surface area contributed by atoms with Crippen molar-refractivity contribution >= 4 is 5.91 Å². The average Bonchev–Trinajstić information content (AvgIpc) is 2.04. The first kappa shape index (κ1) is 12.4. The Morgan fingerprint density at radius 1 is 1.54 bits per heavy atom. The Morgan fingerprint density at radius 2 is 2.15 bits per heavy atom. The number of hydrogen-bond donors (Lipinski definition) is 2. The number of carbonyl (C=O) groups is 1. The molecule has 78 valence electrons. The zero-order valence-corrected chi connectivity index (χ0v) is 8.54. The van der Waals surface area contributed by atoms with Gasteiger partial charge in [-0.3, -0.25) is 4.79 Å². The summed E-state index contributed by atoms with van der Waals surface area (Å²) in [7, 11) is 1.48. The molecule has 0 aliphatic rings. The standard InChI is InChI=1S/C9H19NO3/c1-7(2)8(4-5-11)10-9(12)6-13-3/h7-8,11H,4-6H2,1-3H3,(H,10,12). The van der Waals surface area contributed by atoms with Crippen LogP contribution in [0, 0.1) is 5.92 Å².